The minimum Gasteiger partial charge on any atom is -0.396 e. The van der Waals surface area contributed by atoms with Crippen molar-refractivity contribution in [3.8, 4) is 0 Å². The van der Waals surface area contributed by atoms with Gasteiger partial charge in [-0.05, 0) is 12.8 Å². The van der Waals surface area contributed by atoms with E-state index in [2.05, 4.69) is 21.9 Å². The van der Waals surface area contributed by atoms with Gasteiger partial charge in [-0.1, -0.05) is 69.9 Å². The number of fused-ring (bicyclic) bond motifs is 1. The van der Waals surface area contributed by atoms with Crippen molar-refractivity contribution >= 4 is 22.8 Å². The molecule has 0 spiro atoms. The molecular formula is C18H29ClN4O. The van der Waals surface area contributed by atoms with Crippen molar-refractivity contribution in [3.05, 3.63) is 17.8 Å². The molecule has 2 aromatic rings. The molecule has 0 aromatic carbocycles. The lowest BCUT2D eigenvalue weighted by Gasteiger charge is -2.18. The maximum Gasteiger partial charge on any atom is 0.165 e. The largest absolute Gasteiger partial charge is 0.396 e. The number of hydrogen-bond donors (Lipinski definition) is 1. The highest BCUT2D eigenvalue weighted by Crippen LogP contribution is 2.26. The van der Waals surface area contributed by atoms with Crippen LogP contribution in [-0.4, -0.2) is 31.2 Å². The van der Waals surface area contributed by atoms with Crippen molar-refractivity contribution in [3.63, 3.8) is 0 Å². The van der Waals surface area contributed by atoms with E-state index in [9.17, 15) is 5.11 Å². The molecule has 0 saturated carbocycles. The van der Waals surface area contributed by atoms with Crippen LogP contribution in [0.5, 0.6) is 0 Å². The fourth-order valence-electron chi connectivity index (χ4n) is 3.18. The Kier molecular flexibility index (Phi) is 8.47. The summed E-state index contributed by atoms with van der Waals surface area (Å²) in [7, 11) is 0. The summed E-state index contributed by atoms with van der Waals surface area (Å²) in [6, 6.07) is 0.214. The summed E-state index contributed by atoms with van der Waals surface area (Å²) in [4.78, 5) is 12.6. The highest BCUT2D eigenvalue weighted by atomic mass is 35.5. The molecule has 0 aliphatic rings. The summed E-state index contributed by atoms with van der Waals surface area (Å²) < 4.78 is 2.04. The first-order valence-corrected chi connectivity index (χ1v) is 9.59. The lowest BCUT2D eigenvalue weighted by atomic mass is 10.0. The summed E-state index contributed by atoms with van der Waals surface area (Å²) in [6.45, 7) is 2.42. The van der Waals surface area contributed by atoms with Gasteiger partial charge in [0.1, 0.15) is 11.8 Å². The highest BCUT2D eigenvalue weighted by Gasteiger charge is 2.16. The smallest absolute Gasteiger partial charge is 0.165 e. The molecule has 2 rings (SSSR count). The second-order valence-corrected chi connectivity index (χ2v) is 6.78. The molecule has 2 aromatic heterocycles. The first-order chi connectivity index (χ1) is 11.8. The maximum atomic E-state index is 9.39. The van der Waals surface area contributed by atoms with Crippen molar-refractivity contribution in [2.24, 2.45) is 0 Å². The van der Waals surface area contributed by atoms with Crippen LogP contribution in [-0.2, 0) is 0 Å². The third-order valence-electron chi connectivity index (χ3n) is 4.56. The lowest BCUT2D eigenvalue weighted by Crippen LogP contribution is -2.11. The second-order valence-electron chi connectivity index (χ2n) is 6.42. The van der Waals surface area contributed by atoms with Crippen LogP contribution < -0.4 is 0 Å². The predicted octanol–water partition coefficient (Wildman–Crippen LogP) is 4.93. The summed E-state index contributed by atoms with van der Waals surface area (Å²) in [5.41, 5.74) is 1.39. The third-order valence-corrected chi connectivity index (χ3v) is 4.84. The van der Waals surface area contributed by atoms with E-state index in [-0.39, 0.29) is 12.6 Å². The third kappa shape index (κ3) is 5.42. The molecule has 1 unspecified atom stereocenters. The van der Waals surface area contributed by atoms with Gasteiger partial charge in [-0.2, -0.15) is 0 Å². The Morgan fingerprint density at radius 3 is 2.42 bits per heavy atom. The molecule has 0 radical (unpaired) electrons. The molecule has 1 N–H and O–H groups in total. The molecule has 2 heterocycles. The van der Waals surface area contributed by atoms with Crippen LogP contribution in [0.2, 0.25) is 5.15 Å². The van der Waals surface area contributed by atoms with Gasteiger partial charge in [-0.25, -0.2) is 15.0 Å². The van der Waals surface area contributed by atoms with Gasteiger partial charge in [0.15, 0.2) is 10.8 Å². The van der Waals surface area contributed by atoms with Crippen LogP contribution in [0.1, 0.15) is 77.2 Å². The number of unbranched alkanes of at least 4 members (excludes halogenated alkanes) is 7. The van der Waals surface area contributed by atoms with Crippen LogP contribution in [0.15, 0.2) is 12.7 Å². The maximum absolute atomic E-state index is 9.39. The Bertz CT molecular complexity index is 602. The molecule has 0 saturated heterocycles. The van der Waals surface area contributed by atoms with Gasteiger partial charge in [-0.15, -0.1) is 0 Å². The number of rotatable bonds is 12. The standard InChI is InChI=1S/C18H29ClN4O/c1-2-3-4-5-6-7-8-9-10-15(11-12-24)23-14-22-16-17(19)20-13-21-18(16)23/h13-15,24H,2-12H2,1H3. The zero-order valence-corrected chi connectivity index (χ0v) is 15.4. The molecule has 5 nitrogen and oxygen atoms in total. The lowest BCUT2D eigenvalue weighted by molar-refractivity contribution is 0.251. The van der Waals surface area contributed by atoms with Crippen LogP contribution in [0, 0.1) is 0 Å². The molecule has 0 bridgehead atoms. The van der Waals surface area contributed by atoms with Crippen LogP contribution in [0.25, 0.3) is 11.2 Å². The van der Waals surface area contributed by atoms with Gasteiger partial charge < -0.3 is 9.67 Å². The molecule has 0 aliphatic heterocycles. The molecule has 0 aliphatic carbocycles. The monoisotopic (exact) mass is 352 g/mol. The summed E-state index contributed by atoms with van der Waals surface area (Å²) in [5.74, 6) is 0. The van der Waals surface area contributed by atoms with Gasteiger partial charge in [0.25, 0.3) is 0 Å². The van der Waals surface area contributed by atoms with E-state index in [1.165, 1.54) is 51.3 Å². The van der Waals surface area contributed by atoms with Crippen molar-refractivity contribution in [2.45, 2.75) is 77.2 Å². The van der Waals surface area contributed by atoms with E-state index in [1.54, 1.807) is 6.33 Å². The SMILES string of the molecule is CCCCCCCCCCC(CCO)n1cnc2c(Cl)ncnc21. The van der Waals surface area contributed by atoms with Crippen molar-refractivity contribution in [1.82, 2.24) is 19.5 Å². The van der Waals surface area contributed by atoms with Crippen molar-refractivity contribution < 1.29 is 5.11 Å². The van der Waals surface area contributed by atoms with E-state index in [0.29, 0.717) is 17.1 Å². The Morgan fingerprint density at radius 2 is 1.71 bits per heavy atom. The molecule has 1 atom stereocenters. The number of halogens is 1. The fourth-order valence-corrected chi connectivity index (χ4v) is 3.35. The summed E-state index contributed by atoms with van der Waals surface area (Å²) in [6.07, 6.45) is 15.4. The average molecular weight is 353 g/mol. The Labute approximate surface area is 149 Å². The molecule has 6 heteroatoms. The quantitative estimate of drug-likeness (QED) is 0.434. The predicted molar refractivity (Wildman–Crippen MR) is 98.3 cm³/mol. The molecule has 0 fully saturated rings. The Hall–Kier alpha value is -1.20. The molecule has 134 valence electrons. The average Bonchev–Trinajstić information content (AvgIpc) is 3.01. The van der Waals surface area contributed by atoms with Gasteiger partial charge in [0.2, 0.25) is 0 Å². The van der Waals surface area contributed by atoms with Gasteiger partial charge >= 0.3 is 0 Å². The first kappa shape index (κ1) is 19.1. The van der Waals surface area contributed by atoms with Crippen LogP contribution >= 0.6 is 11.6 Å². The van der Waals surface area contributed by atoms with Crippen LogP contribution in [0.4, 0.5) is 0 Å². The van der Waals surface area contributed by atoms with E-state index in [4.69, 9.17) is 11.6 Å². The normalized spacial score (nSPS) is 12.8. The Morgan fingerprint density at radius 1 is 1.00 bits per heavy atom. The van der Waals surface area contributed by atoms with E-state index < -0.39 is 0 Å². The molecule has 24 heavy (non-hydrogen) atoms. The minimum absolute atomic E-state index is 0.167. The van der Waals surface area contributed by atoms with Gasteiger partial charge in [0, 0.05) is 12.6 Å². The second kappa shape index (κ2) is 10.6. The van der Waals surface area contributed by atoms with Gasteiger partial charge in [0.05, 0.1) is 6.33 Å². The van der Waals surface area contributed by atoms with Crippen molar-refractivity contribution in [2.75, 3.05) is 6.61 Å². The number of imidazole rings is 1. The van der Waals surface area contributed by atoms with E-state index >= 15 is 0 Å². The zero-order chi connectivity index (χ0) is 17.2. The zero-order valence-electron chi connectivity index (χ0n) is 14.6. The minimum atomic E-state index is 0.167. The van der Waals surface area contributed by atoms with E-state index in [1.807, 2.05) is 4.57 Å². The number of hydrogen-bond acceptors (Lipinski definition) is 4. The van der Waals surface area contributed by atoms with E-state index in [0.717, 1.165) is 18.5 Å². The van der Waals surface area contributed by atoms with Crippen LogP contribution in [0.3, 0.4) is 0 Å². The summed E-state index contributed by atoms with van der Waals surface area (Å²) in [5, 5.41) is 9.78. The highest BCUT2D eigenvalue weighted by molar-refractivity contribution is 6.33. The molecule has 0 amide bonds. The van der Waals surface area contributed by atoms with Gasteiger partial charge in [-0.3, -0.25) is 0 Å². The number of aromatic nitrogens is 4. The number of nitrogens with zero attached hydrogens (tertiary/aromatic N) is 4. The Balaban J connectivity index is 1.84. The fraction of sp³-hybridized carbons (Fsp3) is 0.722. The van der Waals surface area contributed by atoms with Crippen molar-refractivity contribution in [1.29, 1.82) is 0 Å². The number of aliphatic hydroxyl groups is 1. The first-order valence-electron chi connectivity index (χ1n) is 9.21. The number of aliphatic hydroxyl groups excluding tert-OH is 1. The topological polar surface area (TPSA) is 63.8 Å². The summed E-state index contributed by atoms with van der Waals surface area (Å²) >= 11 is 6.07. The molecular weight excluding hydrogens is 324 g/mol.